The highest BCUT2D eigenvalue weighted by Crippen LogP contribution is 2.20. The summed E-state index contributed by atoms with van der Waals surface area (Å²) in [4.78, 5) is 4.69. The average molecular weight is 347 g/mol. The lowest BCUT2D eigenvalue weighted by molar-refractivity contribution is 0.689. The number of aromatic nitrogens is 2. The summed E-state index contributed by atoms with van der Waals surface area (Å²) in [5.41, 5.74) is 8.90. The van der Waals surface area contributed by atoms with E-state index in [0.29, 0.717) is 5.75 Å². The van der Waals surface area contributed by atoms with Gasteiger partial charge in [-0.15, -0.1) is 12.4 Å². The molecule has 2 aromatic carbocycles. The van der Waals surface area contributed by atoms with Crippen LogP contribution in [0.2, 0.25) is 0 Å². The molecule has 0 aliphatic rings. The van der Waals surface area contributed by atoms with Gasteiger partial charge in [-0.2, -0.15) is 0 Å². The third kappa shape index (κ3) is 4.27. The second kappa shape index (κ2) is 8.04. The molecule has 1 heterocycles. The Bertz CT molecular complexity index is 786. The van der Waals surface area contributed by atoms with Crippen molar-refractivity contribution >= 4 is 40.4 Å². The molecule has 120 valence electrons. The summed E-state index contributed by atoms with van der Waals surface area (Å²) in [5, 5.41) is 7.52. The maximum Gasteiger partial charge on any atom is 0.151 e. The van der Waals surface area contributed by atoms with E-state index in [1.54, 1.807) is 0 Å². The Kier molecular flexibility index (Phi) is 6.07. The smallest absolute Gasteiger partial charge is 0.151 e. The van der Waals surface area contributed by atoms with Crippen molar-refractivity contribution in [3.63, 3.8) is 0 Å². The zero-order valence-electron chi connectivity index (χ0n) is 12.6. The van der Waals surface area contributed by atoms with Crippen LogP contribution >= 0.6 is 24.2 Å². The molecule has 0 aliphatic heterocycles. The molecule has 0 bridgehead atoms. The summed E-state index contributed by atoms with van der Waals surface area (Å²) in [6.45, 7) is 0.873. The van der Waals surface area contributed by atoms with E-state index in [2.05, 4.69) is 39.9 Å². The second-order valence-corrected chi connectivity index (χ2v) is 6.07. The van der Waals surface area contributed by atoms with Crippen LogP contribution in [0.3, 0.4) is 0 Å². The molecular weight excluding hydrogens is 328 g/mol. The Labute approximate surface area is 146 Å². The average Bonchev–Trinajstić information content (AvgIpc) is 2.89. The van der Waals surface area contributed by atoms with Gasteiger partial charge in [0.2, 0.25) is 0 Å². The SMILES string of the molecule is Cl.N=C(N)SCc1nc2ccccc2n1CCc1ccccc1. The van der Waals surface area contributed by atoms with Gasteiger partial charge in [0.15, 0.2) is 5.17 Å². The Morgan fingerprint density at radius 1 is 1.09 bits per heavy atom. The molecule has 3 aromatic rings. The lowest BCUT2D eigenvalue weighted by Gasteiger charge is -2.09. The van der Waals surface area contributed by atoms with Gasteiger partial charge in [0.1, 0.15) is 5.82 Å². The third-order valence-electron chi connectivity index (χ3n) is 3.56. The number of hydrogen-bond donors (Lipinski definition) is 2. The number of thioether (sulfide) groups is 1. The van der Waals surface area contributed by atoms with Crippen molar-refractivity contribution in [1.29, 1.82) is 5.41 Å². The first kappa shape index (κ1) is 17.4. The van der Waals surface area contributed by atoms with E-state index >= 15 is 0 Å². The van der Waals surface area contributed by atoms with Crippen LogP contribution in [0.25, 0.3) is 11.0 Å². The van der Waals surface area contributed by atoms with E-state index in [-0.39, 0.29) is 17.6 Å². The Balaban J connectivity index is 0.00000192. The van der Waals surface area contributed by atoms with Gasteiger partial charge < -0.3 is 10.3 Å². The Morgan fingerprint density at radius 3 is 2.52 bits per heavy atom. The van der Waals surface area contributed by atoms with Crippen LogP contribution in [0.1, 0.15) is 11.4 Å². The predicted octanol–water partition coefficient (Wildman–Crippen LogP) is 3.83. The summed E-state index contributed by atoms with van der Waals surface area (Å²) >= 11 is 1.31. The number of benzene rings is 2. The van der Waals surface area contributed by atoms with Crippen molar-refractivity contribution in [1.82, 2.24) is 9.55 Å². The monoisotopic (exact) mass is 346 g/mol. The van der Waals surface area contributed by atoms with Gasteiger partial charge in [-0.1, -0.05) is 54.2 Å². The first-order valence-electron chi connectivity index (χ1n) is 7.19. The molecule has 1 aromatic heterocycles. The minimum atomic E-state index is 0. The van der Waals surface area contributed by atoms with Gasteiger partial charge in [0.05, 0.1) is 16.8 Å². The lowest BCUT2D eigenvalue weighted by atomic mass is 10.1. The molecule has 0 atom stereocenters. The molecule has 0 aliphatic carbocycles. The summed E-state index contributed by atoms with van der Waals surface area (Å²) in [5.74, 6) is 1.59. The molecule has 6 heteroatoms. The molecule has 0 amide bonds. The molecule has 0 saturated carbocycles. The molecule has 0 unspecified atom stereocenters. The highest BCUT2D eigenvalue weighted by Gasteiger charge is 2.11. The molecule has 4 nitrogen and oxygen atoms in total. The highest BCUT2D eigenvalue weighted by molar-refractivity contribution is 8.13. The Hall–Kier alpha value is -1.98. The number of nitrogens with two attached hydrogens (primary N) is 1. The molecular formula is C17H19ClN4S. The number of aryl methyl sites for hydroxylation is 2. The Morgan fingerprint density at radius 2 is 1.78 bits per heavy atom. The summed E-state index contributed by atoms with van der Waals surface area (Å²) in [6, 6.07) is 18.6. The standard InChI is InChI=1S/C17H18N4S.ClH/c18-17(19)22-12-16-20-14-8-4-5-9-15(14)21(16)11-10-13-6-2-1-3-7-13;/h1-9H,10-12H2,(H3,18,19);1H. The first-order chi connectivity index (χ1) is 10.7. The molecule has 0 saturated heterocycles. The maximum atomic E-state index is 7.39. The van der Waals surface area contributed by atoms with Crippen LogP contribution in [0.15, 0.2) is 54.6 Å². The number of hydrogen-bond acceptors (Lipinski definition) is 3. The van der Waals surface area contributed by atoms with Gasteiger partial charge in [0, 0.05) is 6.54 Å². The molecule has 0 fully saturated rings. The minimum absolute atomic E-state index is 0. The van der Waals surface area contributed by atoms with E-state index in [1.807, 2.05) is 24.3 Å². The highest BCUT2D eigenvalue weighted by atomic mass is 35.5. The number of para-hydroxylation sites is 2. The fourth-order valence-electron chi connectivity index (χ4n) is 2.51. The number of fused-ring (bicyclic) bond motifs is 1. The zero-order chi connectivity index (χ0) is 15.4. The van der Waals surface area contributed by atoms with Gasteiger partial charge in [-0.3, -0.25) is 5.41 Å². The quantitative estimate of drug-likeness (QED) is 0.545. The van der Waals surface area contributed by atoms with Crippen LogP contribution in [0.5, 0.6) is 0 Å². The van der Waals surface area contributed by atoms with Gasteiger partial charge >= 0.3 is 0 Å². The molecule has 0 radical (unpaired) electrons. The number of imidazole rings is 1. The molecule has 3 rings (SSSR count). The summed E-state index contributed by atoms with van der Waals surface area (Å²) < 4.78 is 2.23. The van der Waals surface area contributed by atoms with E-state index in [4.69, 9.17) is 11.1 Å². The second-order valence-electron chi connectivity index (χ2n) is 5.06. The number of halogens is 1. The van der Waals surface area contributed by atoms with Crippen LogP contribution < -0.4 is 5.73 Å². The fraction of sp³-hybridized carbons (Fsp3) is 0.176. The predicted molar refractivity (Wildman–Crippen MR) is 100 cm³/mol. The normalized spacial score (nSPS) is 10.4. The third-order valence-corrected chi connectivity index (χ3v) is 4.27. The molecule has 0 spiro atoms. The van der Waals surface area contributed by atoms with E-state index in [9.17, 15) is 0 Å². The van der Waals surface area contributed by atoms with E-state index < -0.39 is 0 Å². The topological polar surface area (TPSA) is 67.7 Å². The van der Waals surface area contributed by atoms with Crippen LogP contribution in [-0.2, 0) is 18.7 Å². The van der Waals surface area contributed by atoms with Gasteiger partial charge in [-0.05, 0) is 24.1 Å². The number of nitrogens with zero attached hydrogens (tertiary/aromatic N) is 2. The molecule has 3 N–H and O–H groups in total. The van der Waals surface area contributed by atoms with Crippen LogP contribution in [0, 0.1) is 5.41 Å². The van der Waals surface area contributed by atoms with Gasteiger partial charge in [0.25, 0.3) is 0 Å². The largest absolute Gasteiger partial charge is 0.379 e. The van der Waals surface area contributed by atoms with Crippen molar-refractivity contribution in [2.45, 2.75) is 18.7 Å². The summed E-state index contributed by atoms with van der Waals surface area (Å²) in [7, 11) is 0. The lowest BCUT2D eigenvalue weighted by Crippen LogP contribution is -2.09. The first-order valence-corrected chi connectivity index (χ1v) is 8.17. The van der Waals surface area contributed by atoms with Crippen LogP contribution in [-0.4, -0.2) is 14.7 Å². The molecule has 23 heavy (non-hydrogen) atoms. The fourth-order valence-corrected chi connectivity index (χ4v) is 3.02. The van der Waals surface area contributed by atoms with Crippen molar-refractivity contribution in [3.8, 4) is 0 Å². The van der Waals surface area contributed by atoms with E-state index in [0.717, 1.165) is 29.8 Å². The number of amidine groups is 1. The minimum Gasteiger partial charge on any atom is -0.379 e. The van der Waals surface area contributed by atoms with Crippen molar-refractivity contribution < 1.29 is 0 Å². The zero-order valence-corrected chi connectivity index (χ0v) is 14.2. The van der Waals surface area contributed by atoms with Crippen molar-refractivity contribution in [2.24, 2.45) is 5.73 Å². The van der Waals surface area contributed by atoms with Crippen molar-refractivity contribution in [3.05, 3.63) is 66.0 Å². The van der Waals surface area contributed by atoms with Gasteiger partial charge in [-0.25, -0.2) is 4.98 Å². The maximum absolute atomic E-state index is 7.39. The van der Waals surface area contributed by atoms with Crippen LogP contribution in [0.4, 0.5) is 0 Å². The van der Waals surface area contributed by atoms with E-state index in [1.165, 1.54) is 17.3 Å². The summed E-state index contributed by atoms with van der Waals surface area (Å²) in [6.07, 6.45) is 0.957. The number of rotatable bonds is 5. The van der Waals surface area contributed by atoms with Crippen molar-refractivity contribution in [2.75, 3.05) is 0 Å². The number of nitrogens with one attached hydrogen (secondary N) is 1.